The molecule has 0 radical (unpaired) electrons. The zero-order chi connectivity index (χ0) is 12.9. The van der Waals surface area contributed by atoms with Crippen LogP contribution in [0.25, 0.3) is 0 Å². The maximum Gasteiger partial charge on any atom is 0.105 e. The number of rotatable bonds is 0. The highest BCUT2D eigenvalue weighted by Gasteiger charge is 3.11. The van der Waals surface area contributed by atoms with Gasteiger partial charge in [0, 0.05) is 0 Å². The third-order valence-electron chi connectivity index (χ3n) is 13.5. The van der Waals surface area contributed by atoms with E-state index in [0.29, 0.717) is 22.4 Å². The van der Waals surface area contributed by atoms with Crippen molar-refractivity contribution in [2.75, 3.05) is 0 Å². The predicted octanol–water partition coefficient (Wildman–Crippen LogP) is 1.54. The lowest BCUT2D eigenvalue weighted by Crippen LogP contribution is -2.40. The number of ether oxygens (including phenoxy) is 2. The predicted molar refractivity (Wildman–Crippen MR) is 71.2 cm³/mol. The molecule has 12 aliphatic rings. The highest BCUT2D eigenvalue weighted by molar-refractivity contribution is 5.58. The minimum absolute atomic E-state index is 0.419. The van der Waals surface area contributed by atoms with E-state index in [-0.39, 0.29) is 0 Å². The van der Waals surface area contributed by atoms with Gasteiger partial charge in [0.25, 0.3) is 0 Å². The Morgan fingerprint density at radius 1 is 0.500 bits per heavy atom. The first-order chi connectivity index (χ1) is 10.8. The molecule has 22 heavy (non-hydrogen) atoms. The van der Waals surface area contributed by atoms with Gasteiger partial charge in [-0.05, 0) is 95.7 Å². The third kappa shape index (κ3) is 0.364. The van der Waals surface area contributed by atoms with Gasteiger partial charge in [0.2, 0.25) is 0 Å². The van der Waals surface area contributed by atoms with Gasteiger partial charge in [-0.1, -0.05) is 0 Å². The summed E-state index contributed by atoms with van der Waals surface area (Å²) in [4.78, 5) is 0. The summed E-state index contributed by atoms with van der Waals surface area (Å²) in [6.45, 7) is 0. The summed E-state index contributed by atoms with van der Waals surface area (Å²) in [5, 5.41) is 0. The average Bonchev–Trinajstić information content (AvgIpc) is 2.96. The topological polar surface area (TPSA) is 25.1 Å². The summed E-state index contributed by atoms with van der Waals surface area (Å²) < 4.78 is 14.0. The lowest BCUT2D eigenvalue weighted by molar-refractivity contribution is 0.0783. The maximum absolute atomic E-state index is 7.02. The van der Waals surface area contributed by atoms with Gasteiger partial charge in [-0.3, -0.25) is 0 Å². The second-order valence-electron chi connectivity index (χ2n) is 11.9. The Morgan fingerprint density at radius 2 is 1.00 bits per heavy atom. The molecule has 0 unspecified atom stereocenters. The Balaban J connectivity index is 1.45. The van der Waals surface area contributed by atoms with Gasteiger partial charge in [-0.15, -0.1) is 0 Å². The molecule has 18 atom stereocenters. The van der Waals surface area contributed by atoms with Gasteiger partial charge in [0.1, 0.15) is 22.4 Å². The summed E-state index contributed by atoms with van der Waals surface area (Å²) in [5.41, 5.74) is 1.69. The summed E-state index contributed by atoms with van der Waals surface area (Å²) in [5.74, 6) is 15.0. The van der Waals surface area contributed by atoms with Crippen LogP contribution < -0.4 is 0 Å². The fraction of sp³-hybridized carbons (Fsp3) is 1.00. The summed E-state index contributed by atoms with van der Waals surface area (Å²) in [6.07, 6.45) is 2.91. The van der Waals surface area contributed by atoms with Crippen molar-refractivity contribution in [3.05, 3.63) is 0 Å². The van der Waals surface area contributed by atoms with E-state index >= 15 is 0 Å². The number of hydrogen-bond donors (Lipinski definition) is 0. The van der Waals surface area contributed by atoms with Crippen molar-refractivity contribution >= 4 is 0 Å². The largest absolute Gasteiger partial charge is 0.362 e. The molecule has 0 aromatic carbocycles. The van der Waals surface area contributed by atoms with Gasteiger partial charge in [0.15, 0.2) is 0 Å². The van der Waals surface area contributed by atoms with Crippen LogP contribution in [0.3, 0.4) is 0 Å². The molecule has 2 heteroatoms. The van der Waals surface area contributed by atoms with Crippen molar-refractivity contribution in [1.82, 2.24) is 0 Å². The standard InChI is InChI=1S/C20H18O2/c1-3-5-9-7-8-10-6-4(20-16(10)11(7)13(5)17(1,20)21-20)2-18-14(6)12(8)15(9)19(3,18)22-18/h3-16H,1-2H2/t3-,4+,5-,6-,7+,8-,9-,10+,11+,12-,13+,14-,15-,16+,17+,18+,19-,20-/m1/s1. The highest BCUT2D eigenvalue weighted by atomic mass is 16.7. The zero-order valence-electron chi connectivity index (χ0n) is 12.3. The molecule has 0 aromatic rings. The van der Waals surface area contributed by atoms with Crippen molar-refractivity contribution in [3.8, 4) is 0 Å². The average molecular weight is 290 g/mol. The molecule has 10 saturated carbocycles. The minimum atomic E-state index is 0.419. The van der Waals surface area contributed by atoms with Crippen molar-refractivity contribution < 1.29 is 9.47 Å². The molecule has 2 nitrogen and oxygen atoms in total. The van der Waals surface area contributed by atoms with Crippen LogP contribution in [-0.4, -0.2) is 22.4 Å². The Labute approximate surface area is 128 Å². The van der Waals surface area contributed by atoms with Gasteiger partial charge < -0.3 is 9.47 Å². The van der Waals surface area contributed by atoms with Crippen LogP contribution in [0, 0.1) is 82.9 Å². The molecule has 12 fully saturated rings. The first-order valence-corrected chi connectivity index (χ1v) is 10.2. The lowest BCUT2D eigenvalue weighted by Gasteiger charge is -2.29. The van der Waals surface area contributed by atoms with Gasteiger partial charge in [-0.25, -0.2) is 0 Å². The van der Waals surface area contributed by atoms with Gasteiger partial charge in [0.05, 0.1) is 0 Å². The van der Waals surface area contributed by atoms with E-state index in [1.54, 1.807) is 0 Å². The molecule has 0 aromatic heterocycles. The quantitative estimate of drug-likeness (QED) is 0.632. The molecular weight excluding hydrogens is 272 g/mol. The van der Waals surface area contributed by atoms with E-state index in [0.717, 1.165) is 71.0 Å². The molecule has 2 heterocycles. The summed E-state index contributed by atoms with van der Waals surface area (Å²) in [6, 6.07) is 0. The molecule has 0 amide bonds. The molecular formula is C20H18O2. The van der Waals surface area contributed by atoms with Crippen LogP contribution in [0.4, 0.5) is 0 Å². The monoisotopic (exact) mass is 290 g/mol. The molecule has 0 N–H and O–H groups in total. The summed E-state index contributed by atoms with van der Waals surface area (Å²) >= 11 is 0. The van der Waals surface area contributed by atoms with Gasteiger partial charge >= 0.3 is 0 Å². The van der Waals surface area contributed by atoms with E-state index in [9.17, 15) is 0 Å². The molecule has 0 bridgehead atoms. The van der Waals surface area contributed by atoms with Crippen LogP contribution in [0.2, 0.25) is 0 Å². The second-order valence-corrected chi connectivity index (χ2v) is 11.9. The van der Waals surface area contributed by atoms with E-state index < -0.39 is 0 Å². The molecule has 110 valence electrons. The molecule has 12 rings (SSSR count). The Morgan fingerprint density at radius 3 is 1.50 bits per heavy atom. The smallest absolute Gasteiger partial charge is 0.105 e. The normalized spacial score (nSPS) is 108. The van der Waals surface area contributed by atoms with Crippen LogP contribution in [0.15, 0.2) is 0 Å². The fourth-order valence-corrected chi connectivity index (χ4v) is 15.0. The minimum Gasteiger partial charge on any atom is -0.362 e. The summed E-state index contributed by atoms with van der Waals surface area (Å²) in [7, 11) is 0. The van der Waals surface area contributed by atoms with Gasteiger partial charge in [-0.2, -0.15) is 0 Å². The van der Waals surface area contributed by atoms with Crippen LogP contribution >= 0.6 is 0 Å². The Bertz CT molecular complexity index is 794. The lowest BCUT2D eigenvalue weighted by atomic mass is 9.70. The number of hydrogen-bond acceptors (Lipinski definition) is 2. The van der Waals surface area contributed by atoms with Crippen LogP contribution in [0.5, 0.6) is 0 Å². The van der Waals surface area contributed by atoms with E-state index in [4.69, 9.17) is 9.47 Å². The first kappa shape index (κ1) is 8.85. The fourth-order valence-electron chi connectivity index (χ4n) is 15.0. The van der Waals surface area contributed by atoms with Crippen molar-refractivity contribution in [3.63, 3.8) is 0 Å². The van der Waals surface area contributed by atoms with Crippen LogP contribution in [0.1, 0.15) is 12.8 Å². The zero-order valence-corrected chi connectivity index (χ0v) is 12.3. The van der Waals surface area contributed by atoms with E-state index in [1.165, 1.54) is 24.7 Å². The van der Waals surface area contributed by atoms with E-state index in [1.807, 2.05) is 0 Å². The molecule has 10 aliphatic carbocycles. The Kier molecular flexibility index (Phi) is 0.683. The van der Waals surface area contributed by atoms with Crippen molar-refractivity contribution in [2.45, 2.75) is 35.2 Å². The Hall–Kier alpha value is -0.0800. The van der Waals surface area contributed by atoms with Crippen molar-refractivity contribution in [2.24, 2.45) is 82.9 Å². The number of epoxide rings is 2. The van der Waals surface area contributed by atoms with Crippen molar-refractivity contribution in [1.29, 1.82) is 0 Å². The van der Waals surface area contributed by atoms with Crippen LogP contribution in [-0.2, 0) is 9.47 Å². The molecule has 2 aliphatic heterocycles. The van der Waals surface area contributed by atoms with E-state index in [2.05, 4.69) is 0 Å². The molecule has 2 saturated heterocycles. The maximum atomic E-state index is 7.02. The second kappa shape index (κ2) is 1.70. The first-order valence-electron chi connectivity index (χ1n) is 10.2. The SMILES string of the molecule is C1[C@H]2[C@@H]3[C@H]4[C@H]5[C@H]6[C@H]7[C@@H]8[C@H]9[C@H]6[C@H]4[C@]24O[C@@]94C[C@H]8[C@]24O[C@]12[C@H]3[C@@H]5[C@@H]74. The molecule has 4 spiro atoms. The third-order valence-corrected chi connectivity index (χ3v) is 13.5. The highest BCUT2D eigenvalue weighted by Crippen LogP contribution is 3.06.